The molecule has 0 spiro atoms. The lowest BCUT2D eigenvalue weighted by molar-refractivity contribution is 0.100. The van der Waals surface area contributed by atoms with Crippen molar-refractivity contribution in [3.05, 3.63) is 71.4 Å². The molecular weight excluding hydrogens is 340 g/mol. The molecule has 0 saturated carbocycles. The van der Waals surface area contributed by atoms with Crippen LogP contribution in [-0.2, 0) is 11.3 Å². The number of carbonyl (C=O) groups is 1. The Balaban J connectivity index is 2.13. The summed E-state index contributed by atoms with van der Waals surface area (Å²) < 4.78 is 5.36. The molecule has 27 heavy (non-hydrogen) atoms. The topological polar surface area (TPSA) is 89.3 Å². The number of amides is 1. The smallest absolute Gasteiger partial charge is 0.250 e. The number of hydrogen-bond donors (Lipinski definition) is 3. The highest BCUT2D eigenvalue weighted by Gasteiger charge is 2.18. The molecule has 3 rings (SSSR count). The van der Waals surface area contributed by atoms with Crippen molar-refractivity contribution >= 4 is 22.5 Å². The fourth-order valence-corrected chi connectivity index (χ4v) is 3.21. The number of carbonyl (C=O) groups excluding carboxylic acids is 1. The lowest BCUT2D eigenvalue weighted by Crippen LogP contribution is -2.24. The number of likely N-dealkylation sites (N-methyl/N-ethyl adjacent to an activating group) is 1. The molecule has 0 fully saturated rings. The Hall–Kier alpha value is -2.96. The van der Waals surface area contributed by atoms with Gasteiger partial charge in [-0.2, -0.15) is 0 Å². The molecule has 6 nitrogen and oxygen atoms in total. The van der Waals surface area contributed by atoms with E-state index in [1.54, 1.807) is 19.4 Å². The summed E-state index contributed by atoms with van der Waals surface area (Å²) in [5, 5.41) is 7.70. The lowest BCUT2D eigenvalue weighted by Gasteiger charge is -2.23. The molecule has 2 aromatic carbocycles. The van der Waals surface area contributed by atoms with Crippen molar-refractivity contribution in [2.75, 3.05) is 26.0 Å². The van der Waals surface area contributed by atoms with Crippen molar-refractivity contribution in [1.82, 2.24) is 10.3 Å². The molecule has 0 aliphatic rings. The first kappa shape index (κ1) is 18.8. The van der Waals surface area contributed by atoms with Crippen LogP contribution in [0.5, 0.6) is 0 Å². The van der Waals surface area contributed by atoms with Gasteiger partial charge in [-0.05, 0) is 18.7 Å². The summed E-state index contributed by atoms with van der Waals surface area (Å²) >= 11 is 0. The summed E-state index contributed by atoms with van der Waals surface area (Å²) in [6.07, 6.45) is 1.74. The zero-order valence-electron chi connectivity index (χ0n) is 15.5. The largest absolute Gasteiger partial charge is 0.380 e. The van der Waals surface area contributed by atoms with Gasteiger partial charge in [-0.25, -0.2) is 0 Å². The highest BCUT2D eigenvalue weighted by molar-refractivity contribution is 6.08. The number of benzene rings is 2. The van der Waals surface area contributed by atoms with Crippen LogP contribution in [0.3, 0.4) is 0 Å². The summed E-state index contributed by atoms with van der Waals surface area (Å²) in [6.45, 7) is 1.14. The van der Waals surface area contributed by atoms with Crippen LogP contribution >= 0.6 is 0 Å². The van der Waals surface area contributed by atoms with Crippen LogP contribution in [0.15, 0.2) is 54.7 Å². The number of nitrogens with zero attached hydrogens (tertiary/aromatic N) is 1. The molecule has 4 N–H and O–H groups in total. The van der Waals surface area contributed by atoms with E-state index in [1.165, 1.54) is 0 Å². The van der Waals surface area contributed by atoms with E-state index in [1.807, 2.05) is 37.4 Å². The maximum absolute atomic E-state index is 11.8. The Labute approximate surface area is 158 Å². The predicted octanol–water partition coefficient (Wildman–Crippen LogP) is 2.85. The third-order valence-corrected chi connectivity index (χ3v) is 4.47. The van der Waals surface area contributed by atoms with Gasteiger partial charge in [0, 0.05) is 30.8 Å². The van der Waals surface area contributed by atoms with Gasteiger partial charge in [0.15, 0.2) is 0 Å². The van der Waals surface area contributed by atoms with Gasteiger partial charge in [0.1, 0.15) is 0 Å². The van der Waals surface area contributed by atoms with Gasteiger partial charge in [-0.15, -0.1) is 0 Å². The van der Waals surface area contributed by atoms with Gasteiger partial charge < -0.3 is 21.1 Å². The lowest BCUT2D eigenvalue weighted by atomic mass is 10.0. The van der Waals surface area contributed by atoms with Crippen molar-refractivity contribution in [2.45, 2.75) is 12.6 Å². The minimum Gasteiger partial charge on any atom is -0.380 e. The van der Waals surface area contributed by atoms with E-state index in [0.29, 0.717) is 17.7 Å². The molecule has 0 radical (unpaired) electrons. The van der Waals surface area contributed by atoms with Crippen molar-refractivity contribution in [2.24, 2.45) is 5.73 Å². The molecule has 0 unspecified atom stereocenters. The van der Waals surface area contributed by atoms with E-state index in [-0.39, 0.29) is 6.04 Å². The summed E-state index contributed by atoms with van der Waals surface area (Å²) in [5.41, 5.74) is 9.50. The van der Waals surface area contributed by atoms with Crippen LogP contribution in [0.4, 0.5) is 5.69 Å². The molecule has 6 heteroatoms. The fourth-order valence-electron chi connectivity index (χ4n) is 3.21. The third kappa shape index (κ3) is 4.07. The van der Waals surface area contributed by atoms with Crippen molar-refractivity contribution in [3.63, 3.8) is 0 Å². The van der Waals surface area contributed by atoms with Gasteiger partial charge in [0.05, 0.1) is 29.4 Å². The van der Waals surface area contributed by atoms with Gasteiger partial charge >= 0.3 is 0 Å². The number of aromatic nitrogens is 1. The van der Waals surface area contributed by atoms with E-state index in [2.05, 4.69) is 27.8 Å². The van der Waals surface area contributed by atoms with E-state index in [9.17, 15) is 4.79 Å². The highest BCUT2D eigenvalue weighted by Crippen LogP contribution is 2.31. The minimum atomic E-state index is -0.492. The number of hydrogen-bond acceptors (Lipinski definition) is 5. The van der Waals surface area contributed by atoms with E-state index >= 15 is 0 Å². The first-order chi connectivity index (χ1) is 13.2. The van der Waals surface area contributed by atoms with Crippen LogP contribution < -0.4 is 16.4 Å². The standard InChI is InChI=1S/C21H24N4O2/c1-23-12-18(14-7-4-3-5-8-14)25-19-15(13-27-2)11-24-20-16(19)9-6-10-17(20)21(22)26/h3-11,18,23H,12-13H2,1-2H3,(H2,22,26)(H,24,25)/t18-/m1/s1. The minimum absolute atomic E-state index is 0.0367. The molecule has 1 amide bonds. The average Bonchev–Trinajstić information content (AvgIpc) is 2.69. The molecule has 0 bridgehead atoms. The number of nitrogens with one attached hydrogen (secondary N) is 2. The molecule has 3 aromatic rings. The zero-order valence-corrected chi connectivity index (χ0v) is 15.5. The van der Waals surface area contributed by atoms with Crippen molar-refractivity contribution in [1.29, 1.82) is 0 Å². The Kier molecular flexibility index (Phi) is 6.01. The summed E-state index contributed by atoms with van der Waals surface area (Å²) in [6, 6.07) is 15.7. The molecule has 1 atom stereocenters. The fraction of sp³-hybridized carbons (Fsp3) is 0.238. The first-order valence-electron chi connectivity index (χ1n) is 8.81. The Bertz CT molecular complexity index is 928. The second-order valence-corrected chi connectivity index (χ2v) is 6.32. The van der Waals surface area contributed by atoms with Gasteiger partial charge in [-0.1, -0.05) is 42.5 Å². The third-order valence-electron chi connectivity index (χ3n) is 4.47. The highest BCUT2D eigenvalue weighted by atomic mass is 16.5. The van der Waals surface area contributed by atoms with Gasteiger partial charge in [-0.3, -0.25) is 9.78 Å². The number of fused-ring (bicyclic) bond motifs is 1. The number of methoxy groups -OCH3 is 1. The van der Waals surface area contributed by atoms with Gasteiger partial charge in [0.25, 0.3) is 5.91 Å². The number of para-hydroxylation sites is 1. The number of anilines is 1. The number of nitrogens with two attached hydrogens (primary N) is 1. The Morgan fingerprint density at radius 2 is 1.96 bits per heavy atom. The van der Waals surface area contributed by atoms with Crippen LogP contribution in [0.2, 0.25) is 0 Å². The molecule has 1 aromatic heterocycles. The quantitative estimate of drug-likeness (QED) is 0.572. The van der Waals surface area contributed by atoms with E-state index in [4.69, 9.17) is 10.5 Å². The second-order valence-electron chi connectivity index (χ2n) is 6.32. The molecule has 140 valence electrons. The van der Waals surface area contributed by atoms with Gasteiger partial charge in [0.2, 0.25) is 0 Å². The van der Waals surface area contributed by atoms with E-state index < -0.39 is 5.91 Å². The molecular formula is C21H24N4O2. The normalized spacial score (nSPS) is 12.1. The monoisotopic (exact) mass is 364 g/mol. The number of primary amides is 1. The summed E-state index contributed by atoms with van der Waals surface area (Å²) in [7, 11) is 3.57. The van der Waals surface area contributed by atoms with Crippen LogP contribution in [0.25, 0.3) is 10.9 Å². The number of pyridine rings is 1. The SMILES string of the molecule is CNC[C@@H](Nc1c(COC)cnc2c(C(N)=O)cccc12)c1ccccc1. The predicted molar refractivity (Wildman–Crippen MR) is 108 cm³/mol. The zero-order chi connectivity index (χ0) is 19.2. The molecule has 1 heterocycles. The Morgan fingerprint density at radius 1 is 1.19 bits per heavy atom. The molecule has 0 aliphatic heterocycles. The van der Waals surface area contributed by atoms with E-state index in [0.717, 1.165) is 28.7 Å². The van der Waals surface area contributed by atoms with Crippen LogP contribution in [0, 0.1) is 0 Å². The average molecular weight is 364 g/mol. The Morgan fingerprint density at radius 3 is 2.63 bits per heavy atom. The second kappa shape index (κ2) is 8.62. The van der Waals surface area contributed by atoms with Crippen LogP contribution in [0.1, 0.15) is 27.5 Å². The number of rotatable bonds is 8. The molecule has 0 saturated heterocycles. The first-order valence-corrected chi connectivity index (χ1v) is 8.81. The van der Waals surface area contributed by atoms with Crippen LogP contribution in [-0.4, -0.2) is 31.6 Å². The summed E-state index contributed by atoms with van der Waals surface area (Å²) in [5.74, 6) is -0.492. The maximum atomic E-state index is 11.8. The van der Waals surface area contributed by atoms with Crippen molar-refractivity contribution in [3.8, 4) is 0 Å². The summed E-state index contributed by atoms with van der Waals surface area (Å²) in [4.78, 5) is 16.3. The van der Waals surface area contributed by atoms with Crippen molar-refractivity contribution < 1.29 is 9.53 Å². The maximum Gasteiger partial charge on any atom is 0.250 e. The molecule has 0 aliphatic carbocycles. The number of ether oxygens (including phenoxy) is 1.